The van der Waals surface area contributed by atoms with Crippen LogP contribution in [0.3, 0.4) is 0 Å². The molecule has 2 aliphatic rings. The highest BCUT2D eigenvalue weighted by molar-refractivity contribution is 8.26. The van der Waals surface area contributed by atoms with Crippen LogP contribution < -0.4 is 0 Å². The third kappa shape index (κ3) is 4.50. The largest absolute Gasteiger partial charge is 0.465 e. The number of hydrogen-bond acceptors (Lipinski definition) is 7. The first-order valence-corrected chi connectivity index (χ1v) is 9.55. The van der Waals surface area contributed by atoms with Crippen LogP contribution in [0.1, 0.15) is 15.9 Å². The van der Waals surface area contributed by atoms with Gasteiger partial charge in [-0.15, -0.1) is 0 Å². The van der Waals surface area contributed by atoms with Crippen LogP contribution in [-0.2, 0) is 14.3 Å². The van der Waals surface area contributed by atoms with E-state index in [1.54, 1.807) is 35.2 Å². The summed E-state index contributed by atoms with van der Waals surface area (Å²) in [5, 5.41) is 0. The monoisotopic (exact) mass is 392 g/mol. The van der Waals surface area contributed by atoms with Gasteiger partial charge in [-0.3, -0.25) is 14.6 Å². The molecule has 0 bridgehead atoms. The molecular formula is C18H20N2O4S2. The predicted molar refractivity (Wildman–Crippen MR) is 105 cm³/mol. The average molecular weight is 393 g/mol. The summed E-state index contributed by atoms with van der Waals surface area (Å²) < 4.78 is 10.6. The van der Waals surface area contributed by atoms with Gasteiger partial charge in [0, 0.05) is 26.2 Å². The first-order chi connectivity index (χ1) is 12.6. The van der Waals surface area contributed by atoms with Gasteiger partial charge in [-0.05, 0) is 23.8 Å². The minimum absolute atomic E-state index is 0.0645. The molecule has 1 aromatic carbocycles. The highest BCUT2D eigenvalue weighted by Gasteiger charge is 2.32. The molecule has 2 aliphatic heterocycles. The lowest BCUT2D eigenvalue weighted by Crippen LogP contribution is -2.42. The lowest BCUT2D eigenvalue weighted by atomic mass is 10.1. The van der Waals surface area contributed by atoms with Crippen molar-refractivity contribution in [3.63, 3.8) is 0 Å². The lowest BCUT2D eigenvalue weighted by molar-refractivity contribution is -0.122. The van der Waals surface area contributed by atoms with Gasteiger partial charge < -0.3 is 9.47 Å². The fourth-order valence-electron chi connectivity index (χ4n) is 2.74. The summed E-state index contributed by atoms with van der Waals surface area (Å²) in [5.41, 5.74) is 1.31. The second-order valence-corrected chi connectivity index (χ2v) is 7.58. The van der Waals surface area contributed by atoms with Crippen molar-refractivity contribution in [1.29, 1.82) is 0 Å². The van der Waals surface area contributed by atoms with Crippen molar-refractivity contribution in [2.45, 2.75) is 0 Å². The Kier molecular flexibility index (Phi) is 6.42. The highest BCUT2D eigenvalue weighted by Crippen LogP contribution is 2.32. The average Bonchev–Trinajstić information content (AvgIpc) is 2.94. The molecule has 1 amide bonds. The van der Waals surface area contributed by atoms with Crippen LogP contribution in [0.25, 0.3) is 6.08 Å². The molecule has 6 nitrogen and oxygen atoms in total. The number of rotatable bonds is 5. The van der Waals surface area contributed by atoms with E-state index in [2.05, 4.69) is 9.64 Å². The van der Waals surface area contributed by atoms with E-state index in [-0.39, 0.29) is 11.9 Å². The van der Waals surface area contributed by atoms with Crippen molar-refractivity contribution in [3.8, 4) is 0 Å². The third-order valence-electron chi connectivity index (χ3n) is 4.25. The van der Waals surface area contributed by atoms with E-state index in [1.165, 1.54) is 18.9 Å². The Morgan fingerprint density at radius 2 is 1.96 bits per heavy atom. The summed E-state index contributed by atoms with van der Waals surface area (Å²) in [6.45, 7) is 4.62. The first-order valence-electron chi connectivity index (χ1n) is 8.32. The van der Waals surface area contributed by atoms with Gasteiger partial charge in [0.25, 0.3) is 5.91 Å². The topological polar surface area (TPSA) is 59.1 Å². The quantitative estimate of drug-likeness (QED) is 0.432. The Labute approximate surface area is 162 Å². The number of carbonyl (C=O) groups is 2. The van der Waals surface area contributed by atoms with Crippen molar-refractivity contribution in [3.05, 3.63) is 40.3 Å². The smallest absolute Gasteiger partial charge is 0.337 e. The lowest BCUT2D eigenvalue weighted by Gasteiger charge is -2.28. The maximum Gasteiger partial charge on any atom is 0.337 e. The van der Waals surface area contributed by atoms with Crippen LogP contribution in [0.5, 0.6) is 0 Å². The van der Waals surface area contributed by atoms with Gasteiger partial charge in [0.1, 0.15) is 4.32 Å². The van der Waals surface area contributed by atoms with E-state index in [0.717, 1.165) is 38.4 Å². The number of carbonyl (C=O) groups excluding carboxylic acids is 2. The Bertz CT molecular complexity index is 727. The molecule has 0 atom stereocenters. The molecule has 8 heteroatoms. The SMILES string of the molecule is COC(=O)c1ccc(C=C2SC(=S)N(CCN3CCOCC3)C2=O)cc1. The summed E-state index contributed by atoms with van der Waals surface area (Å²) >= 11 is 6.68. The molecule has 2 saturated heterocycles. The van der Waals surface area contributed by atoms with Gasteiger partial charge >= 0.3 is 5.97 Å². The summed E-state index contributed by atoms with van der Waals surface area (Å²) in [6.07, 6.45) is 1.80. The Morgan fingerprint density at radius 3 is 2.62 bits per heavy atom. The van der Waals surface area contributed by atoms with E-state index >= 15 is 0 Å². The fraction of sp³-hybridized carbons (Fsp3) is 0.389. The van der Waals surface area contributed by atoms with Crippen LogP contribution >= 0.6 is 24.0 Å². The molecule has 0 saturated carbocycles. The number of thioether (sulfide) groups is 1. The normalized spacial score (nSPS) is 20.0. The zero-order valence-corrected chi connectivity index (χ0v) is 16.1. The van der Waals surface area contributed by atoms with Gasteiger partial charge in [-0.2, -0.15) is 0 Å². The molecule has 2 fully saturated rings. The van der Waals surface area contributed by atoms with Crippen LogP contribution in [0.2, 0.25) is 0 Å². The van der Waals surface area contributed by atoms with Gasteiger partial charge in [-0.1, -0.05) is 36.1 Å². The number of hydrogen-bond donors (Lipinski definition) is 0. The number of thiocarbonyl (C=S) groups is 1. The minimum Gasteiger partial charge on any atom is -0.465 e. The van der Waals surface area contributed by atoms with Crippen molar-refractivity contribution in [2.75, 3.05) is 46.5 Å². The van der Waals surface area contributed by atoms with Crippen LogP contribution in [0, 0.1) is 0 Å². The van der Waals surface area contributed by atoms with Crippen LogP contribution in [0.4, 0.5) is 0 Å². The molecule has 0 aliphatic carbocycles. The minimum atomic E-state index is -0.383. The highest BCUT2D eigenvalue weighted by atomic mass is 32.2. The Hall–Kier alpha value is -1.74. The zero-order chi connectivity index (χ0) is 18.5. The molecule has 0 unspecified atom stereocenters. The van der Waals surface area contributed by atoms with E-state index in [9.17, 15) is 9.59 Å². The molecule has 2 heterocycles. The Morgan fingerprint density at radius 1 is 1.27 bits per heavy atom. The van der Waals surface area contributed by atoms with E-state index in [0.29, 0.717) is 21.3 Å². The molecular weight excluding hydrogens is 372 g/mol. The summed E-state index contributed by atoms with van der Waals surface area (Å²) in [6, 6.07) is 6.92. The van der Waals surface area contributed by atoms with Crippen molar-refractivity contribution in [2.24, 2.45) is 0 Å². The van der Waals surface area contributed by atoms with Gasteiger partial charge in [-0.25, -0.2) is 4.79 Å². The number of benzene rings is 1. The van der Waals surface area contributed by atoms with Crippen molar-refractivity contribution in [1.82, 2.24) is 9.80 Å². The van der Waals surface area contributed by atoms with Crippen molar-refractivity contribution >= 4 is 46.3 Å². The third-order valence-corrected chi connectivity index (χ3v) is 5.62. The second-order valence-electron chi connectivity index (χ2n) is 5.90. The molecule has 138 valence electrons. The molecule has 0 radical (unpaired) electrons. The number of morpholine rings is 1. The number of nitrogens with zero attached hydrogens (tertiary/aromatic N) is 2. The second kappa shape index (κ2) is 8.77. The van der Waals surface area contributed by atoms with Gasteiger partial charge in [0.15, 0.2) is 0 Å². The molecule has 0 N–H and O–H groups in total. The number of methoxy groups -OCH3 is 1. The number of amides is 1. The standard InChI is InChI=1S/C18H20N2O4S2/c1-23-17(22)14-4-2-13(3-5-14)12-15-16(21)20(18(25)26-15)7-6-19-8-10-24-11-9-19/h2-5,12H,6-11H2,1H3. The maximum atomic E-state index is 12.6. The van der Waals surface area contributed by atoms with E-state index in [1.807, 2.05) is 0 Å². The van der Waals surface area contributed by atoms with Gasteiger partial charge in [0.05, 0.1) is 30.8 Å². The molecule has 26 heavy (non-hydrogen) atoms. The van der Waals surface area contributed by atoms with Crippen molar-refractivity contribution < 1.29 is 19.1 Å². The zero-order valence-electron chi connectivity index (χ0n) is 14.5. The maximum absolute atomic E-state index is 12.6. The van der Waals surface area contributed by atoms with E-state index in [4.69, 9.17) is 17.0 Å². The molecule has 1 aromatic rings. The fourth-order valence-corrected chi connectivity index (χ4v) is 4.05. The summed E-state index contributed by atoms with van der Waals surface area (Å²) in [5.74, 6) is -0.448. The van der Waals surface area contributed by atoms with Gasteiger partial charge in [0.2, 0.25) is 0 Å². The van der Waals surface area contributed by atoms with Crippen LogP contribution in [-0.4, -0.2) is 72.5 Å². The summed E-state index contributed by atoms with van der Waals surface area (Å²) in [4.78, 5) is 28.7. The molecule has 0 aromatic heterocycles. The Balaban J connectivity index is 1.63. The van der Waals surface area contributed by atoms with E-state index < -0.39 is 0 Å². The molecule has 0 spiro atoms. The summed E-state index contributed by atoms with van der Waals surface area (Å²) in [7, 11) is 1.35. The number of ether oxygens (including phenoxy) is 2. The number of esters is 1. The predicted octanol–water partition coefficient (Wildman–Crippen LogP) is 2.01. The van der Waals surface area contributed by atoms with Crippen LogP contribution in [0.15, 0.2) is 29.2 Å². The molecule has 3 rings (SSSR count). The first kappa shape index (κ1) is 19.0.